The van der Waals surface area contributed by atoms with Gasteiger partial charge in [-0.3, -0.25) is 4.79 Å². The number of unbranched alkanes of at least 4 members (excludes halogenated alkanes) is 4. The van der Waals surface area contributed by atoms with Gasteiger partial charge in [-0.25, -0.2) is 0 Å². The first-order valence-corrected chi connectivity index (χ1v) is 5.44. The number of hydrogen-bond donors (Lipinski definition) is 1. The molecule has 0 spiro atoms. The molecule has 1 N–H and O–H groups in total. The van der Waals surface area contributed by atoms with Gasteiger partial charge in [0.15, 0.2) is 0 Å². The Kier molecular flexibility index (Phi) is 7.76. The largest absolute Gasteiger partial charge is 0.354 e. The minimum atomic E-state index is 0.0843. The first kappa shape index (κ1) is 12.5. The summed E-state index contributed by atoms with van der Waals surface area (Å²) in [5.74, 6) is 0.0843. The average molecular weight is 185 g/mol. The van der Waals surface area contributed by atoms with Crippen LogP contribution in [0, 0.1) is 0 Å². The highest BCUT2D eigenvalue weighted by Gasteiger charge is 2.01. The summed E-state index contributed by atoms with van der Waals surface area (Å²) in [4.78, 5) is 10.7. The first-order chi connectivity index (χ1) is 6.16. The Morgan fingerprint density at radius 2 is 1.85 bits per heavy atom. The second-order valence-corrected chi connectivity index (χ2v) is 3.80. The van der Waals surface area contributed by atoms with Gasteiger partial charge < -0.3 is 5.32 Å². The summed E-state index contributed by atoms with van der Waals surface area (Å²) in [5, 5.41) is 2.89. The molecule has 0 aromatic heterocycles. The van der Waals surface area contributed by atoms with Crippen LogP contribution in [0.25, 0.3) is 0 Å². The van der Waals surface area contributed by atoms with Crippen molar-refractivity contribution >= 4 is 5.91 Å². The van der Waals surface area contributed by atoms with Crippen LogP contribution in [0.1, 0.15) is 59.3 Å². The summed E-state index contributed by atoms with van der Waals surface area (Å²) in [6, 6.07) is 0.346. The Morgan fingerprint density at radius 1 is 1.23 bits per heavy atom. The highest BCUT2D eigenvalue weighted by molar-refractivity contribution is 5.73. The van der Waals surface area contributed by atoms with Crippen LogP contribution < -0.4 is 5.32 Å². The van der Waals surface area contributed by atoms with Crippen molar-refractivity contribution in [3.05, 3.63) is 0 Å². The molecule has 0 bridgehead atoms. The third-order valence-electron chi connectivity index (χ3n) is 2.19. The highest BCUT2D eigenvalue weighted by Crippen LogP contribution is 2.06. The Bertz CT molecular complexity index is 134. The zero-order chi connectivity index (χ0) is 10.1. The number of hydrogen-bond acceptors (Lipinski definition) is 1. The minimum absolute atomic E-state index is 0.0843. The SMILES string of the molecule is CCCCCCCC(C)NC(C)=O. The van der Waals surface area contributed by atoms with E-state index in [1.54, 1.807) is 6.92 Å². The van der Waals surface area contributed by atoms with Gasteiger partial charge in [-0.15, -0.1) is 0 Å². The number of carbonyl (C=O) groups excluding carboxylic acids is 1. The molecule has 2 nitrogen and oxygen atoms in total. The van der Waals surface area contributed by atoms with E-state index in [0.717, 1.165) is 6.42 Å². The lowest BCUT2D eigenvalue weighted by Crippen LogP contribution is -2.30. The van der Waals surface area contributed by atoms with Crippen molar-refractivity contribution in [1.82, 2.24) is 5.32 Å². The van der Waals surface area contributed by atoms with E-state index in [-0.39, 0.29) is 5.91 Å². The molecule has 0 aromatic carbocycles. The Balaban J connectivity index is 3.17. The lowest BCUT2D eigenvalue weighted by Gasteiger charge is -2.11. The van der Waals surface area contributed by atoms with Crippen molar-refractivity contribution in [3.8, 4) is 0 Å². The summed E-state index contributed by atoms with van der Waals surface area (Å²) < 4.78 is 0. The molecule has 0 aliphatic rings. The van der Waals surface area contributed by atoms with E-state index in [4.69, 9.17) is 0 Å². The second kappa shape index (κ2) is 8.09. The van der Waals surface area contributed by atoms with E-state index in [1.165, 1.54) is 32.1 Å². The zero-order valence-corrected chi connectivity index (χ0v) is 9.23. The lowest BCUT2D eigenvalue weighted by atomic mass is 10.1. The molecule has 0 radical (unpaired) electrons. The zero-order valence-electron chi connectivity index (χ0n) is 9.23. The van der Waals surface area contributed by atoms with Gasteiger partial charge in [-0.05, 0) is 13.3 Å². The van der Waals surface area contributed by atoms with E-state index < -0.39 is 0 Å². The third kappa shape index (κ3) is 9.38. The molecule has 0 aromatic rings. The molecular weight excluding hydrogens is 162 g/mol. The van der Waals surface area contributed by atoms with E-state index >= 15 is 0 Å². The van der Waals surface area contributed by atoms with Crippen molar-refractivity contribution in [2.45, 2.75) is 65.3 Å². The van der Waals surface area contributed by atoms with Gasteiger partial charge >= 0.3 is 0 Å². The fourth-order valence-corrected chi connectivity index (χ4v) is 1.47. The predicted octanol–water partition coefficient (Wildman–Crippen LogP) is 2.87. The maximum atomic E-state index is 10.7. The van der Waals surface area contributed by atoms with Crippen LogP contribution in [0.5, 0.6) is 0 Å². The lowest BCUT2D eigenvalue weighted by molar-refractivity contribution is -0.119. The second-order valence-electron chi connectivity index (χ2n) is 3.80. The maximum Gasteiger partial charge on any atom is 0.217 e. The van der Waals surface area contributed by atoms with Gasteiger partial charge in [0, 0.05) is 13.0 Å². The molecular formula is C11H23NO. The normalized spacial score (nSPS) is 12.5. The van der Waals surface area contributed by atoms with Gasteiger partial charge in [0.1, 0.15) is 0 Å². The number of amides is 1. The smallest absolute Gasteiger partial charge is 0.217 e. The number of rotatable bonds is 7. The Labute approximate surface area is 82.1 Å². The van der Waals surface area contributed by atoms with Crippen LogP contribution >= 0.6 is 0 Å². The molecule has 0 fully saturated rings. The number of nitrogens with one attached hydrogen (secondary N) is 1. The molecule has 78 valence electrons. The maximum absolute atomic E-state index is 10.7. The molecule has 13 heavy (non-hydrogen) atoms. The third-order valence-corrected chi connectivity index (χ3v) is 2.19. The summed E-state index contributed by atoms with van der Waals surface area (Å²) in [7, 11) is 0. The van der Waals surface area contributed by atoms with Crippen LogP contribution in [-0.2, 0) is 4.79 Å². The summed E-state index contributed by atoms with van der Waals surface area (Å²) in [6.07, 6.45) is 7.63. The van der Waals surface area contributed by atoms with Gasteiger partial charge in [-0.2, -0.15) is 0 Å². The molecule has 0 heterocycles. The molecule has 0 aliphatic heterocycles. The van der Waals surface area contributed by atoms with Crippen molar-refractivity contribution in [2.24, 2.45) is 0 Å². The fraction of sp³-hybridized carbons (Fsp3) is 0.909. The van der Waals surface area contributed by atoms with Crippen LogP contribution in [-0.4, -0.2) is 11.9 Å². The highest BCUT2D eigenvalue weighted by atomic mass is 16.1. The topological polar surface area (TPSA) is 29.1 Å². The molecule has 0 saturated carbocycles. The Hall–Kier alpha value is -0.530. The van der Waals surface area contributed by atoms with Crippen LogP contribution in [0.2, 0.25) is 0 Å². The minimum Gasteiger partial charge on any atom is -0.354 e. The monoisotopic (exact) mass is 185 g/mol. The summed E-state index contributed by atoms with van der Waals surface area (Å²) in [6.45, 7) is 5.87. The molecule has 2 heteroatoms. The van der Waals surface area contributed by atoms with E-state index in [1.807, 2.05) is 0 Å². The molecule has 0 saturated heterocycles. The molecule has 1 unspecified atom stereocenters. The fourth-order valence-electron chi connectivity index (χ4n) is 1.47. The van der Waals surface area contributed by atoms with E-state index in [2.05, 4.69) is 19.2 Å². The quantitative estimate of drug-likeness (QED) is 0.607. The van der Waals surface area contributed by atoms with Crippen molar-refractivity contribution in [3.63, 3.8) is 0 Å². The van der Waals surface area contributed by atoms with Crippen molar-refractivity contribution < 1.29 is 4.79 Å². The summed E-state index contributed by atoms with van der Waals surface area (Å²) in [5.41, 5.74) is 0. The van der Waals surface area contributed by atoms with Crippen molar-refractivity contribution in [2.75, 3.05) is 0 Å². The van der Waals surface area contributed by atoms with Gasteiger partial charge in [-0.1, -0.05) is 39.0 Å². The Morgan fingerprint density at radius 3 is 2.38 bits per heavy atom. The van der Waals surface area contributed by atoms with Gasteiger partial charge in [0.05, 0.1) is 0 Å². The molecule has 0 aliphatic carbocycles. The standard InChI is InChI=1S/C11H23NO/c1-4-5-6-7-8-9-10(2)12-11(3)13/h10H,4-9H2,1-3H3,(H,12,13). The predicted molar refractivity (Wildman–Crippen MR) is 56.7 cm³/mol. The molecule has 1 amide bonds. The van der Waals surface area contributed by atoms with Crippen molar-refractivity contribution in [1.29, 1.82) is 0 Å². The first-order valence-electron chi connectivity index (χ1n) is 5.44. The van der Waals surface area contributed by atoms with E-state index in [0.29, 0.717) is 6.04 Å². The average Bonchev–Trinajstić information content (AvgIpc) is 2.02. The van der Waals surface area contributed by atoms with Gasteiger partial charge in [0.2, 0.25) is 5.91 Å². The van der Waals surface area contributed by atoms with E-state index in [9.17, 15) is 4.79 Å². The van der Waals surface area contributed by atoms with Gasteiger partial charge in [0.25, 0.3) is 0 Å². The van der Waals surface area contributed by atoms with Crippen LogP contribution in [0.15, 0.2) is 0 Å². The van der Waals surface area contributed by atoms with Crippen LogP contribution in [0.4, 0.5) is 0 Å². The number of carbonyl (C=O) groups is 1. The summed E-state index contributed by atoms with van der Waals surface area (Å²) >= 11 is 0. The molecule has 0 rings (SSSR count). The van der Waals surface area contributed by atoms with Crippen LogP contribution in [0.3, 0.4) is 0 Å². The molecule has 1 atom stereocenters.